The summed E-state index contributed by atoms with van der Waals surface area (Å²) in [4.78, 5) is 47.6. The summed E-state index contributed by atoms with van der Waals surface area (Å²) >= 11 is 0. The van der Waals surface area contributed by atoms with Gasteiger partial charge in [-0.1, -0.05) is 20.3 Å². The number of methoxy groups -OCH3 is 1. The monoisotopic (exact) mass is 408 g/mol. The minimum Gasteiger partial charge on any atom is -0.467 e. The van der Waals surface area contributed by atoms with Gasteiger partial charge in [-0.25, -0.2) is 4.79 Å². The van der Waals surface area contributed by atoms with Gasteiger partial charge in [0.05, 0.1) is 7.11 Å². The molecule has 0 saturated heterocycles. The Morgan fingerprint density at radius 3 is 2.59 bits per heavy atom. The molecule has 158 valence electrons. The Bertz CT molecular complexity index is 779. The Hall–Kier alpha value is -3.30. The molecule has 2 rings (SSSR count). The number of ether oxygens (including phenoxy) is 4. The van der Waals surface area contributed by atoms with Crippen LogP contribution in [0.3, 0.4) is 0 Å². The van der Waals surface area contributed by atoms with E-state index < -0.39 is 42.9 Å². The molecule has 1 aliphatic heterocycles. The van der Waals surface area contributed by atoms with E-state index >= 15 is 0 Å². The highest BCUT2D eigenvalue weighted by Gasteiger charge is 2.27. The predicted molar refractivity (Wildman–Crippen MR) is 99.3 cm³/mol. The summed E-state index contributed by atoms with van der Waals surface area (Å²) in [7, 11) is 1.23. The third-order valence-corrected chi connectivity index (χ3v) is 4.38. The van der Waals surface area contributed by atoms with Crippen LogP contribution in [0.15, 0.2) is 18.2 Å². The first-order chi connectivity index (χ1) is 13.8. The summed E-state index contributed by atoms with van der Waals surface area (Å²) in [5.74, 6) is -1.69. The Morgan fingerprint density at radius 2 is 1.90 bits per heavy atom. The Balaban J connectivity index is 1.76. The molecule has 1 aromatic carbocycles. The van der Waals surface area contributed by atoms with Gasteiger partial charge in [0.1, 0.15) is 12.6 Å². The second-order valence-electron chi connectivity index (χ2n) is 6.37. The van der Waals surface area contributed by atoms with E-state index in [9.17, 15) is 19.2 Å². The van der Waals surface area contributed by atoms with Crippen molar-refractivity contribution in [3.63, 3.8) is 0 Å². The summed E-state index contributed by atoms with van der Waals surface area (Å²) in [6, 6.07) is 3.79. The fraction of sp³-hybridized carbons (Fsp3) is 0.474. The maximum atomic E-state index is 12.1. The molecule has 29 heavy (non-hydrogen) atoms. The number of fused-ring (bicyclic) bond motifs is 1. The van der Waals surface area contributed by atoms with Crippen LogP contribution >= 0.6 is 0 Å². The molecule has 0 bridgehead atoms. The van der Waals surface area contributed by atoms with Crippen LogP contribution in [0.4, 0.5) is 0 Å². The summed E-state index contributed by atoms with van der Waals surface area (Å²) in [6.45, 7) is 2.74. The molecule has 1 aliphatic rings. The van der Waals surface area contributed by atoms with Crippen LogP contribution < -0.4 is 20.1 Å². The zero-order valence-corrected chi connectivity index (χ0v) is 16.5. The molecule has 0 unspecified atom stereocenters. The van der Waals surface area contributed by atoms with Gasteiger partial charge < -0.3 is 29.6 Å². The fourth-order valence-electron chi connectivity index (χ4n) is 2.50. The normalized spacial score (nSPS) is 13.8. The molecule has 1 heterocycles. The lowest BCUT2D eigenvalue weighted by atomic mass is 9.99. The molecular formula is C19H24N2O8. The predicted octanol–water partition coefficient (Wildman–Crippen LogP) is 0.392. The van der Waals surface area contributed by atoms with E-state index in [4.69, 9.17) is 14.2 Å². The zero-order valence-electron chi connectivity index (χ0n) is 16.5. The number of hydrogen-bond acceptors (Lipinski definition) is 8. The number of nitrogens with one attached hydrogen (secondary N) is 2. The quantitative estimate of drug-likeness (QED) is 0.562. The van der Waals surface area contributed by atoms with Crippen molar-refractivity contribution in [2.45, 2.75) is 26.3 Å². The van der Waals surface area contributed by atoms with Crippen molar-refractivity contribution in [2.75, 3.05) is 27.1 Å². The van der Waals surface area contributed by atoms with Gasteiger partial charge in [-0.3, -0.25) is 14.4 Å². The molecule has 2 atom stereocenters. The van der Waals surface area contributed by atoms with Gasteiger partial charge in [-0.05, 0) is 24.1 Å². The first-order valence-corrected chi connectivity index (χ1v) is 9.06. The van der Waals surface area contributed by atoms with Crippen LogP contribution in [0, 0.1) is 5.92 Å². The Labute approximate surface area is 167 Å². The molecule has 0 aliphatic carbocycles. The number of carbonyl (C=O) groups excluding carboxylic acids is 4. The van der Waals surface area contributed by atoms with Crippen molar-refractivity contribution in [1.82, 2.24) is 10.6 Å². The fourth-order valence-corrected chi connectivity index (χ4v) is 2.50. The van der Waals surface area contributed by atoms with E-state index in [1.54, 1.807) is 13.0 Å². The number of hydrogen-bond donors (Lipinski definition) is 2. The average molecular weight is 408 g/mol. The first kappa shape index (κ1) is 22.0. The van der Waals surface area contributed by atoms with E-state index in [2.05, 4.69) is 15.4 Å². The highest BCUT2D eigenvalue weighted by atomic mass is 16.7. The van der Waals surface area contributed by atoms with Crippen LogP contribution in [0.2, 0.25) is 0 Å². The molecule has 0 saturated carbocycles. The van der Waals surface area contributed by atoms with Gasteiger partial charge in [0.25, 0.3) is 11.8 Å². The largest absolute Gasteiger partial charge is 0.467 e. The molecule has 0 fully saturated rings. The number of amides is 2. The lowest BCUT2D eigenvalue weighted by Gasteiger charge is -2.21. The van der Waals surface area contributed by atoms with Gasteiger partial charge in [0.2, 0.25) is 6.79 Å². The standard InChI is InChI=1S/C19H24N2O8/c1-4-11(2)17(19(25)26-3)21-15(22)9-27-16(23)8-20-18(24)12-5-6-13-14(7-12)29-10-28-13/h5-7,11,17H,4,8-10H2,1-3H3,(H,20,24)(H,21,22)/t11-,17-/m0/s1. The van der Waals surface area contributed by atoms with Crippen molar-refractivity contribution < 1.29 is 38.1 Å². The van der Waals surface area contributed by atoms with Gasteiger partial charge >= 0.3 is 11.9 Å². The SMILES string of the molecule is CC[C@H](C)[C@H](NC(=O)COC(=O)CNC(=O)c1ccc2c(c1)OCO2)C(=O)OC. The van der Waals surface area contributed by atoms with E-state index in [-0.39, 0.29) is 18.3 Å². The highest BCUT2D eigenvalue weighted by Crippen LogP contribution is 2.32. The third-order valence-electron chi connectivity index (χ3n) is 4.38. The smallest absolute Gasteiger partial charge is 0.328 e. The van der Waals surface area contributed by atoms with E-state index in [1.165, 1.54) is 19.2 Å². The van der Waals surface area contributed by atoms with Gasteiger partial charge in [0.15, 0.2) is 18.1 Å². The van der Waals surface area contributed by atoms with Crippen molar-refractivity contribution in [3.8, 4) is 11.5 Å². The third kappa shape index (κ3) is 6.09. The zero-order chi connectivity index (χ0) is 21.4. The van der Waals surface area contributed by atoms with Crippen LogP contribution in [-0.2, 0) is 23.9 Å². The van der Waals surface area contributed by atoms with Crippen molar-refractivity contribution in [1.29, 1.82) is 0 Å². The van der Waals surface area contributed by atoms with Gasteiger partial charge in [-0.2, -0.15) is 0 Å². The first-order valence-electron chi connectivity index (χ1n) is 9.06. The topological polar surface area (TPSA) is 129 Å². The van der Waals surface area contributed by atoms with Crippen molar-refractivity contribution in [3.05, 3.63) is 23.8 Å². The van der Waals surface area contributed by atoms with Gasteiger partial charge in [-0.15, -0.1) is 0 Å². The molecule has 2 N–H and O–H groups in total. The number of rotatable bonds is 9. The van der Waals surface area contributed by atoms with Gasteiger partial charge in [0, 0.05) is 5.56 Å². The summed E-state index contributed by atoms with van der Waals surface area (Å²) in [5.41, 5.74) is 0.286. The molecule has 2 amide bonds. The lowest BCUT2D eigenvalue weighted by Crippen LogP contribution is -2.47. The van der Waals surface area contributed by atoms with E-state index in [1.807, 2.05) is 6.92 Å². The molecule has 0 aromatic heterocycles. The summed E-state index contributed by atoms with van der Waals surface area (Å²) < 4.78 is 19.9. The molecule has 0 spiro atoms. The molecular weight excluding hydrogens is 384 g/mol. The lowest BCUT2D eigenvalue weighted by molar-refractivity contribution is -0.150. The number of benzene rings is 1. The summed E-state index contributed by atoms with van der Waals surface area (Å²) in [5, 5.41) is 4.88. The van der Waals surface area contributed by atoms with Crippen LogP contribution in [0.25, 0.3) is 0 Å². The molecule has 10 heteroatoms. The number of carbonyl (C=O) groups is 4. The maximum Gasteiger partial charge on any atom is 0.328 e. The van der Waals surface area contributed by atoms with E-state index in [0.29, 0.717) is 17.9 Å². The average Bonchev–Trinajstić information content (AvgIpc) is 3.21. The second kappa shape index (κ2) is 10.3. The van der Waals surface area contributed by atoms with Crippen molar-refractivity contribution in [2.24, 2.45) is 5.92 Å². The minimum atomic E-state index is -0.832. The minimum absolute atomic E-state index is 0.0860. The van der Waals surface area contributed by atoms with Crippen molar-refractivity contribution >= 4 is 23.8 Å². The van der Waals surface area contributed by atoms with E-state index in [0.717, 1.165) is 0 Å². The molecule has 1 aromatic rings. The van der Waals surface area contributed by atoms with Crippen LogP contribution in [0.5, 0.6) is 11.5 Å². The Kier molecular flexibility index (Phi) is 7.81. The highest BCUT2D eigenvalue weighted by molar-refractivity contribution is 5.96. The van der Waals surface area contributed by atoms with Crippen LogP contribution in [-0.4, -0.2) is 56.8 Å². The Morgan fingerprint density at radius 1 is 1.17 bits per heavy atom. The summed E-state index contributed by atoms with van der Waals surface area (Å²) in [6.07, 6.45) is 0.645. The maximum absolute atomic E-state index is 12.1. The second-order valence-corrected chi connectivity index (χ2v) is 6.37. The number of esters is 2. The molecule has 0 radical (unpaired) electrons. The molecule has 10 nitrogen and oxygen atoms in total. The van der Waals surface area contributed by atoms with Crippen LogP contribution in [0.1, 0.15) is 30.6 Å².